The molecular weight excluding hydrogens is 575 g/mol. The highest BCUT2D eigenvalue weighted by Gasteiger charge is 2.48. The summed E-state index contributed by atoms with van der Waals surface area (Å²) in [7, 11) is -2.65. The fourth-order valence-corrected chi connectivity index (χ4v) is 6.09. The summed E-state index contributed by atoms with van der Waals surface area (Å²) in [6, 6.07) is 4.37. The molecule has 3 aromatic rings. The molecule has 0 spiro atoms. The van der Waals surface area contributed by atoms with Crippen molar-refractivity contribution < 1.29 is 31.1 Å². The van der Waals surface area contributed by atoms with Crippen LogP contribution in [0.4, 0.5) is 19.0 Å². The molecule has 42 heavy (non-hydrogen) atoms. The summed E-state index contributed by atoms with van der Waals surface area (Å²) in [5.41, 5.74) is -2.19. The molecule has 1 aliphatic heterocycles. The Labute approximate surface area is 243 Å². The van der Waals surface area contributed by atoms with Crippen molar-refractivity contribution in [3.63, 3.8) is 0 Å². The summed E-state index contributed by atoms with van der Waals surface area (Å²) in [5, 5.41) is 8.28. The van der Waals surface area contributed by atoms with Gasteiger partial charge in [0, 0.05) is 37.6 Å². The lowest BCUT2D eigenvalue weighted by molar-refractivity contribution is -0.219. The lowest BCUT2D eigenvalue weighted by atomic mass is 9.94. The minimum atomic E-state index is -4.45. The van der Waals surface area contributed by atoms with Gasteiger partial charge in [0.15, 0.2) is 5.82 Å². The molecule has 0 bridgehead atoms. The van der Waals surface area contributed by atoms with Crippen LogP contribution in [-0.4, -0.2) is 63.7 Å². The number of ether oxygens (including phenoxy) is 1. The maximum atomic E-state index is 13.5. The average Bonchev–Trinajstić information content (AvgIpc) is 3.57. The number of hydrogen-bond donors (Lipinski definition) is 1. The number of amides is 1. The van der Waals surface area contributed by atoms with Gasteiger partial charge in [-0.1, -0.05) is 13.3 Å². The van der Waals surface area contributed by atoms with E-state index in [-0.39, 0.29) is 33.7 Å². The summed E-state index contributed by atoms with van der Waals surface area (Å²) in [4.78, 5) is 20.1. The van der Waals surface area contributed by atoms with E-state index in [2.05, 4.69) is 21.8 Å². The smallest absolute Gasteiger partial charge is 0.397 e. The molecule has 4 heterocycles. The Kier molecular flexibility index (Phi) is 8.13. The van der Waals surface area contributed by atoms with E-state index >= 15 is 0 Å². The minimum absolute atomic E-state index is 0.0250. The van der Waals surface area contributed by atoms with Gasteiger partial charge in [-0.15, -0.1) is 5.10 Å². The van der Waals surface area contributed by atoms with Gasteiger partial charge in [0.05, 0.1) is 16.7 Å². The number of rotatable bonds is 9. The van der Waals surface area contributed by atoms with E-state index in [1.807, 2.05) is 18.7 Å². The number of sulfonamides is 1. The fraction of sp³-hybridized carbons (Fsp3) is 0.556. The average molecular weight is 612 g/mol. The zero-order chi connectivity index (χ0) is 31.3. The standard InChI is InChI=1S/C27H36F3N7O4S/c1-8-18-13-26(5,6)36(14-18)23-19(24(38)34-42(39,40)20-15-35(7)32-17(20)2)9-10-21(31-23)37-12-11-22(33-37)41-16-25(3,4)27(28,29)30/h9-12,15,18H,8,13-14,16H2,1-7H3,(H,34,38)/t18-/m0/s1. The Morgan fingerprint density at radius 3 is 2.45 bits per heavy atom. The summed E-state index contributed by atoms with van der Waals surface area (Å²) in [5.74, 6) is -0.0249. The van der Waals surface area contributed by atoms with E-state index in [4.69, 9.17) is 9.72 Å². The number of aryl methyl sites for hydroxylation is 2. The maximum Gasteiger partial charge on any atom is 0.397 e. The molecule has 1 aliphatic rings. The number of pyridine rings is 1. The van der Waals surface area contributed by atoms with Gasteiger partial charge in [-0.25, -0.2) is 22.8 Å². The van der Waals surface area contributed by atoms with Crippen molar-refractivity contribution in [2.75, 3.05) is 18.1 Å². The number of nitrogens with one attached hydrogen (secondary N) is 1. The minimum Gasteiger partial charge on any atom is -0.476 e. The molecule has 0 radical (unpaired) electrons. The third-order valence-electron chi connectivity index (χ3n) is 7.53. The monoisotopic (exact) mass is 611 g/mol. The first-order valence-corrected chi connectivity index (χ1v) is 14.9. The van der Waals surface area contributed by atoms with Crippen molar-refractivity contribution >= 4 is 21.7 Å². The van der Waals surface area contributed by atoms with E-state index in [0.29, 0.717) is 12.5 Å². The van der Waals surface area contributed by atoms with Crippen LogP contribution in [0.1, 0.15) is 63.5 Å². The van der Waals surface area contributed by atoms with Crippen LogP contribution in [0.25, 0.3) is 5.82 Å². The van der Waals surface area contributed by atoms with Gasteiger partial charge in [0.1, 0.15) is 17.3 Å². The van der Waals surface area contributed by atoms with Gasteiger partial charge in [-0.2, -0.15) is 18.3 Å². The molecule has 230 valence electrons. The van der Waals surface area contributed by atoms with Crippen molar-refractivity contribution in [3.8, 4) is 11.7 Å². The highest BCUT2D eigenvalue weighted by molar-refractivity contribution is 7.90. The van der Waals surface area contributed by atoms with Crippen LogP contribution in [0.15, 0.2) is 35.5 Å². The number of nitrogens with zero attached hydrogens (tertiary/aromatic N) is 6. The zero-order valence-electron chi connectivity index (χ0n) is 24.7. The van der Waals surface area contributed by atoms with Crippen LogP contribution in [0.2, 0.25) is 0 Å². The molecule has 1 amide bonds. The number of halogens is 3. The molecule has 4 rings (SSSR count). The fourth-order valence-electron chi connectivity index (χ4n) is 4.90. The van der Waals surface area contributed by atoms with Gasteiger partial charge in [0.2, 0.25) is 5.88 Å². The van der Waals surface area contributed by atoms with Crippen LogP contribution < -0.4 is 14.4 Å². The van der Waals surface area contributed by atoms with Gasteiger partial charge in [-0.05, 0) is 59.1 Å². The molecule has 1 saturated heterocycles. The number of anilines is 1. The second kappa shape index (κ2) is 10.9. The van der Waals surface area contributed by atoms with E-state index < -0.39 is 39.7 Å². The van der Waals surface area contributed by atoms with Crippen molar-refractivity contribution in [1.29, 1.82) is 0 Å². The van der Waals surface area contributed by atoms with Crippen LogP contribution >= 0.6 is 0 Å². The third-order valence-corrected chi connectivity index (χ3v) is 8.96. The molecule has 0 saturated carbocycles. The molecule has 0 aromatic carbocycles. The zero-order valence-corrected chi connectivity index (χ0v) is 25.5. The van der Waals surface area contributed by atoms with E-state index in [0.717, 1.165) is 26.7 Å². The van der Waals surface area contributed by atoms with Gasteiger partial charge in [0.25, 0.3) is 15.9 Å². The first-order chi connectivity index (χ1) is 19.3. The number of carbonyl (C=O) groups is 1. The van der Waals surface area contributed by atoms with Crippen LogP contribution in [0.3, 0.4) is 0 Å². The van der Waals surface area contributed by atoms with Gasteiger partial charge in [-0.3, -0.25) is 9.48 Å². The number of carbonyl (C=O) groups excluding carboxylic acids is 1. The molecule has 1 fully saturated rings. The molecule has 15 heteroatoms. The Morgan fingerprint density at radius 1 is 1.19 bits per heavy atom. The highest BCUT2D eigenvalue weighted by atomic mass is 32.2. The van der Waals surface area contributed by atoms with Crippen LogP contribution in [-0.2, 0) is 17.1 Å². The lowest BCUT2D eigenvalue weighted by Gasteiger charge is -2.34. The number of aromatic nitrogens is 5. The van der Waals surface area contributed by atoms with Gasteiger partial charge < -0.3 is 9.64 Å². The predicted octanol–water partition coefficient (Wildman–Crippen LogP) is 4.41. The Hall–Kier alpha value is -3.62. The van der Waals surface area contributed by atoms with Crippen molar-refractivity contribution in [2.45, 2.75) is 71.0 Å². The van der Waals surface area contributed by atoms with Gasteiger partial charge >= 0.3 is 6.18 Å². The Bertz CT molecular complexity index is 1580. The van der Waals surface area contributed by atoms with Crippen LogP contribution in [0.5, 0.6) is 5.88 Å². The molecule has 1 N–H and O–H groups in total. The molecular formula is C27H36F3N7O4S. The number of alkyl halides is 3. The normalized spacial score (nSPS) is 17.5. The summed E-state index contributed by atoms with van der Waals surface area (Å²) >= 11 is 0. The second-order valence-corrected chi connectivity index (χ2v) is 13.5. The van der Waals surface area contributed by atoms with E-state index in [1.54, 1.807) is 7.05 Å². The lowest BCUT2D eigenvalue weighted by Crippen LogP contribution is -2.41. The third kappa shape index (κ3) is 6.25. The first-order valence-electron chi connectivity index (χ1n) is 13.5. The summed E-state index contributed by atoms with van der Waals surface area (Å²) in [6.07, 6.45) is 0.0874. The molecule has 1 atom stereocenters. The number of hydrogen-bond acceptors (Lipinski definition) is 8. The molecule has 3 aromatic heterocycles. The molecule has 0 aliphatic carbocycles. The maximum absolute atomic E-state index is 13.5. The quantitative estimate of drug-likeness (QED) is 0.378. The van der Waals surface area contributed by atoms with E-state index in [1.165, 1.54) is 46.9 Å². The largest absolute Gasteiger partial charge is 0.476 e. The topological polar surface area (TPSA) is 124 Å². The summed E-state index contributed by atoms with van der Waals surface area (Å²) < 4.78 is 76.0. The predicted molar refractivity (Wildman–Crippen MR) is 149 cm³/mol. The summed E-state index contributed by atoms with van der Waals surface area (Å²) in [6.45, 7) is 9.71. The van der Waals surface area contributed by atoms with Crippen LogP contribution in [0, 0.1) is 18.3 Å². The van der Waals surface area contributed by atoms with Crippen molar-refractivity contribution in [1.82, 2.24) is 29.3 Å². The Balaban J connectivity index is 1.69. The Morgan fingerprint density at radius 2 is 1.88 bits per heavy atom. The molecule has 11 nitrogen and oxygen atoms in total. The first kappa shape index (κ1) is 31.3. The molecule has 0 unspecified atom stereocenters. The van der Waals surface area contributed by atoms with E-state index in [9.17, 15) is 26.4 Å². The van der Waals surface area contributed by atoms with Crippen molar-refractivity contribution in [3.05, 3.63) is 41.9 Å². The highest BCUT2D eigenvalue weighted by Crippen LogP contribution is 2.40. The second-order valence-electron chi connectivity index (χ2n) is 11.9. The van der Waals surface area contributed by atoms with Crippen molar-refractivity contribution in [2.24, 2.45) is 18.4 Å². The SMILES string of the molecule is CC[C@@H]1CN(c2nc(-n3ccc(OCC(C)(C)C(F)(F)F)n3)ccc2C(=O)NS(=O)(=O)c2cn(C)nc2C)C(C)(C)C1.